The molecule has 2 fully saturated rings. The Bertz CT molecular complexity index is 1720. The number of ether oxygens (including phenoxy) is 2. The average Bonchev–Trinajstić information content (AvgIpc) is 3.68. The second-order valence-corrected chi connectivity index (χ2v) is 13.0. The molecule has 21 heteroatoms. The van der Waals surface area contributed by atoms with Crippen molar-refractivity contribution in [3.8, 4) is 0 Å². The summed E-state index contributed by atoms with van der Waals surface area (Å²) in [5.41, 5.74) is 8.91. The predicted molar refractivity (Wildman–Crippen MR) is 139 cm³/mol. The number of hydrogen-bond donors (Lipinski definition) is 6. The molecule has 6 rings (SSSR count). The van der Waals surface area contributed by atoms with E-state index in [0.29, 0.717) is 5.39 Å². The van der Waals surface area contributed by atoms with Gasteiger partial charge in [0.15, 0.2) is 36.3 Å². The van der Waals surface area contributed by atoms with E-state index in [1.165, 1.54) is 17.1 Å². The Balaban J connectivity index is 1.25. The minimum Gasteiger partial charge on any atom is -0.394 e. The molecule has 41 heavy (non-hydrogen) atoms. The van der Waals surface area contributed by atoms with Gasteiger partial charge in [-0.2, -0.15) is 9.67 Å². The first-order valence-corrected chi connectivity index (χ1v) is 14.8. The first-order chi connectivity index (χ1) is 19.5. The molecule has 2 saturated heterocycles. The summed E-state index contributed by atoms with van der Waals surface area (Å²) in [5.74, 6) is -0.121. The van der Waals surface area contributed by atoms with Gasteiger partial charge in [-0.1, -0.05) is 5.21 Å². The van der Waals surface area contributed by atoms with Crippen LogP contribution in [-0.2, 0) is 25.8 Å². The van der Waals surface area contributed by atoms with Gasteiger partial charge in [0.1, 0.15) is 47.9 Å². The second-order valence-electron chi connectivity index (χ2n) is 9.42. The molecule has 2 aliphatic heterocycles. The fraction of sp³-hybridized carbons (Fsp3) is 0.500. The highest BCUT2D eigenvalue weighted by Gasteiger charge is 2.55. The third-order valence-corrected chi connectivity index (χ3v) is 9.83. The van der Waals surface area contributed by atoms with Crippen LogP contribution in [0.15, 0.2) is 23.4 Å². The summed E-state index contributed by atoms with van der Waals surface area (Å²) in [6.07, 6.45) is -8.71. The molecule has 2 aliphatic rings. The molecule has 6 heterocycles. The summed E-state index contributed by atoms with van der Waals surface area (Å²) in [4.78, 5) is 37.6. The first kappa shape index (κ1) is 27.9. The van der Waals surface area contributed by atoms with E-state index in [0.717, 1.165) is 4.68 Å². The van der Waals surface area contributed by atoms with Gasteiger partial charge in [0.2, 0.25) is 5.95 Å². The summed E-state index contributed by atoms with van der Waals surface area (Å²) >= 11 is 5.30. The van der Waals surface area contributed by atoms with Crippen molar-refractivity contribution in [3.05, 3.63) is 28.9 Å². The Labute approximate surface area is 232 Å². The van der Waals surface area contributed by atoms with E-state index in [4.69, 9.17) is 37.3 Å². The lowest BCUT2D eigenvalue weighted by Crippen LogP contribution is -2.34. The van der Waals surface area contributed by atoms with Crippen LogP contribution in [0.1, 0.15) is 12.5 Å². The summed E-state index contributed by atoms with van der Waals surface area (Å²) < 4.78 is 49.8. The molecule has 8 N–H and O–H groups in total. The van der Waals surface area contributed by atoms with Crippen LogP contribution in [0.25, 0.3) is 22.2 Å². The third kappa shape index (κ3) is 4.56. The monoisotopic (exact) mass is 616 g/mol. The number of nitrogen functional groups attached to an aromatic ring is 2. The first-order valence-electron chi connectivity index (χ1n) is 12.0. The number of aromatic nitrogens is 8. The van der Waals surface area contributed by atoms with E-state index in [2.05, 4.69) is 30.2 Å². The number of aromatic amines is 1. The molecule has 0 amide bonds. The maximum atomic E-state index is 15.5. The Kier molecular flexibility index (Phi) is 6.97. The second kappa shape index (κ2) is 10.2. The highest BCUT2D eigenvalue weighted by molar-refractivity contribution is 8.09. The summed E-state index contributed by atoms with van der Waals surface area (Å²) in [7, 11) is 0. The molecule has 1 unspecified atom stereocenters. The van der Waals surface area contributed by atoms with Crippen LogP contribution in [0.2, 0.25) is 0 Å². The van der Waals surface area contributed by atoms with Gasteiger partial charge in [0.05, 0.1) is 18.6 Å². The highest BCUT2D eigenvalue weighted by Crippen LogP contribution is 2.58. The lowest BCUT2D eigenvalue weighted by Gasteiger charge is -2.28. The van der Waals surface area contributed by atoms with Crippen molar-refractivity contribution in [1.82, 2.24) is 39.5 Å². The SMILES string of the molecule is Nc1nc2c(nnn2[C@@H]2O[C@H](CO)[C@@H](F)[C@H]2P(O)(=S)OC[C@H]2O[C@@H](n3ccc4c(N)ncnc43)[C@@H](F)[C@@H]2O)c(=O)[nH]1. The van der Waals surface area contributed by atoms with Crippen LogP contribution < -0.4 is 17.0 Å². The van der Waals surface area contributed by atoms with Crippen molar-refractivity contribution in [1.29, 1.82) is 0 Å². The summed E-state index contributed by atoms with van der Waals surface area (Å²) in [6.45, 7) is -5.66. The normalized spacial score (nSPS) is 31.7. The van der Waals surface area contributed by atoms with E-state index in [1.807, 2.05) is 0 Å². The number of fused-ring (bicyclic) bond motifs is 2. The Morgan fingerprint density at radius 3 is 2.68 bits per heavy atom. The van der Waals surface area contributed by atoms with Gasteiger partial charge in [0, 0.05) is 6.20 Å². The van der Waals surface area contributed by atoms with Gasteiger partial charge >= 0.3 is 0 Å². The summed E-state index contributed by atoms with van der Waals surface area (Å²) in [6, 6.07) is 1.56. The number of alkyl halides is 2. The minimum atomic E-state index is -4.24. The Morgan fingerprint density at radius 1 is 1.17 bits per heavy atom. The molecule has 0 saturated carbocycles. The Morgan fingerprint density at radius 2 is 1.93 bits per heavy atom. The maximum Gasteiger partial charge on any atom is 0.282 e. The van der Waals surface area contributed by atoms with Crippen molar-refractivity contribution < 1.29 is 37.9 Å². The molecule has 0 radical (unpaired) electrons. The van der Waals surface area contributed by atoms with Gasteiger partial charge in [-0.25, -0.2) is 18.7 Å². The van der Waals surface area contributed by atoms with Crippen molar-refractivity contribution in [2.45, 2.75) is 48.8 Å². The van der Waals surface area contributed by atoms with Crippen LogP contribution in [0, 0.1) is 0 Å². The fourth-order valence-corrected chi connectivity index (χ4v) is 7.40. The third-order valence-electron chi connectivity index (χ3n) is 6.97. The van der Waals surface area contributed by atoms with Gasteiger partial charge in [-0.3, -0.25) is 9.78 Å². The van der Waals surface area contributed by atoms with E-state index >= 15 is 8.78 Å². The van der Waals surface area contributed by atoms with E-state index in [-0.39, 0.29) is 28.6 Å². The molecule has 4 aromatic heterocycles. The molecule has 0 aliphatic carbocycles. The molecule has 0 aromatic carbocycles. The molecular weight excluding hydrogens is 593 g/mol. The fourth-order valence-electron chi connectivity index (χ4n) is 4.96. The van der Waals surface area contributed by atoms with Crippen LogP contribution >= 0.6 is 6.49 Å². The molecular formula is C20H23F2N10O7PS. The predicted octanol–water partition coefficient (Wildman–Crippen LogP) is -1.36. The van der Waals surface area contributed by atoms with Crippen molar-refractivity contribution >= 4 is 52.3 Å². The quantitative estimate of drug-likeness (QED) is 0.131. The number of anilines is 2. The van der Waals surface area contributed by atoms with E-state index in [1.54, 1.807) is 6.07 Å². The zero-order chi connectivity index (χ0) is 29.2. The van der Waals surface area contributed by atoms with Crippen molar-refractivity contribution in [3.63, 3.8) is 0 Å². The number of aliphatic hydroxyl groups excluding tert-OH is 2. The number of nitrogens with zero attached hydrogens (tertiary/aromatic N) is 7. The van der Waals surface area contributed by atoms with Crippen LogP contribution in [0.4, 0.5) is 20.5 Å². The topological polar surface area (TPSA) is 248 Å². The van der Waals surface area contributed by atoms with Gasteiger partial charge in [-0.05, 0) is 17.9 Å². The molecule has 0 spiro atoms. The average molecular weight is 617 g/mol. The lowest BCUT2D eigenvalue weighted by atomic mass is 10.1. The number of nitrogens with two attached hydrogens (primary N) is 2. The van der Waals surface area contributed by atoms with E-state index in [9.17, 15) is 19.9 Å². The van der Waals surface area contributed by atoms with Crippen LogP contribution in [0.5, 0.6) is 0 Å². The molecule has 220 valence electrons. The van der Waals surface area contributed by atoms with Crippen molar-refractivity contribution in [2.75, 3.05) is 24.7 Å². The zero-order valence-corrected chi connectivity index (χ0v) is 22.3. The van der Waals surface area contributed by atoms with Gasteiger partial charge < -0.3 is 45.1 Å². The minimum absolute atomic E-state index is 0.168. The van der Waals surface area contributed by atoms with Crippen LogP contribution in [0.3, 0.4) is 0 Å². The number of rotatable bonds is 7. The van der Waals surface area contributed by atoms with Crippen molar-refractivity contribution in [2.24, 2.45) is 0 Å². The molecule has 4 aromatic rings. The number of aliphatic hydroxyl groups is 2. The summed E-state index contributed by atoms with van der Waals surface area (Å²) in [5, 5.41) is 28.2. The number of H-pyrrole nitrogens is 1. The molecule has 17 nitrogen and oxygen atoms in total. The standard InChI is InChI=1S/C20H23F2N10O7PS/c21-9-7(3-33)38-19(32-16-11(29-30-32)17(35)28-20(24)27-16)13(9)40(36,41)37-4-8-12(34)10(22)18(39-8)31-2-1-6-14(23)25-5-26-15(6)31/h1-2,5,7-10,12-13,18-19,33-34H,3-4H2,(H,36,41)(H2,23,25,26)(H3,24,27,28,35)/t7-,8-,9-,10+,12-,13-,18-,19-,40?/m1/s1. The number of hydrogen-bond acceptors (Lipinski definition) is 14. The smallest absolute Gasteiger partial charge is 0.282 e. The number of nitrogens with one attached hydrogen (secondary N) is 1. The molecule has 9 atom stereocenters. The zero-order valence-electron chi connectivity index (χ0n) is 20.6. The Hall–Kier alpha value is -3.23. The van der Waals surface area contributed by atoms with Gasteiger partial charge in [0.25, 0.3) is 5.56 Å². The van der Waals surface area contributed by atoms with Crippen LogP contribution in [-0.4, -0.2) is 104 Å². The molecule has 0 bridgehead atoms. The van der Waals surface area contributed by atoms with E-state index < -0.39 is 74.0 Å². The largest absolute Gasteiger partial charge is 0.394 e. The highest BCUT2D eigenvalue weighted by atomic mass is 32.5. The number of halogens is 2. The lowest BCUT2D eigenvalue weighted by molar-refractivity contribution is -0.0433. The maximum absolute atomic E-state index is 15.5. The van der Waals surface area contributed by atoms with Gasteiger partial charge in [-0.15, -0.1) is 5.10 Å².